The molecule has 1 fully saturated rings. The van der Waals surface area contributed by atoms with Crippen molar-refractivity contribution in [1.29, 1.82) is 0 Å². The highest BCUT2D eigenvalue weighted by atomic mass is 32.1. The van der Waals surface area contributed by atoms with Crippen LogP contribution in [0.25, 0.3) is 26.4 Å². The second-order valence-corrected chi connectivity index (χ2v) is 11.9. The van der Waals surface area contributed by atoms with Crippen molar-refractivity contribution in [2.24, 2.45) is 0 Å². The highest BCUT2D eigenvalue weighted by Crippen LogP contribution is 2.40. The third-order valence-corrected chi connectivity index (χ3v) is 7.75. The summed E-state index contributed by atoms with van der Waals surface area (Å²) in [7, 11) is 0. The Balaban J connectivity index is 1.40. The van der Waals surface area contributed by atoms with E-state index in [2.05, 4.69) is 15.4 Å². The molecule has 1 unspecified atom stereocenters. The third-order valence-electron chi connectivity index (χ3n) is 6.74. The number of fused-ring (bicyclic) bond motifs is 4. The van der Waals surface area contributed by atoms with Crippen molar-refractivity contribution in [2.75, 3.05) is 5.32 Å². The predicted molar refractivity (Wildman–Crippen MR) is 142 cm³/mol. The van der Waals surface area contributed by atoms with Crippen LogP contribution in [0.2, 0.25) is 0 Å². The SMILES string of the molecule is CC(C)(C)Nc1c(-c2ccc3c(c2)CN(C2CCC(=O)NC2=O)C3=O)nc2sc3cc(OC(F)(F)F)ccc3n12. The molecule has 2 aliphatic heterocycles. The number of imidazole rings is 1. The topological polar surface area (TPSA) is 105 Å². The molecule has 4 heterocycles. The van der Waals surface area contributed by atoms with Gasteiger partial charge in [-0.1, -0.05) is 17.4 Å². The number of ether oxygens (including phenoxy) is 1. The number of benzene rings is 2. The Morgan fingerprint density at radius 3 is 2.58 bits per heavy atom. The van der Waals surface area contributed by atoms with Gasteiger partial charge < -0.3 is 15.0 Å². The largest absolute Gasteiger partial charge is 0.573 e. The summed E-state index contributed by atoms with van der Waals surface area (Å²) in [6.07, 6.45) is -4.34. The molecule has 0 bridgehead atoms. The number of carbonyl (C=O) groups is 3. The Morgan fingerprint density at radius 2 is 1.88 bits per heavy atom. The summed E-state index contributed by atoms with van der Waals surface area (Å²) in [5, 5.41) is 5.79. The number of hydrogen-bond donors (Lipinski definition) is 2. The average molecular weight is 572 g/mol. The van der Waals surface area contributed by atoms with Crippen molar-refractivity contribution in [1.82, 2.24) is 19.6 Å². The van der Waals surface area contributed by atoms with E-state index < -0.39 is 18.3 Å². The van der Waals surface area contributed by atoms with Crippen molar-refractivity contribution >= 4 is 50.1 Å². The molecule has 2 aromatic heterocycles. The molecular weight excluding hydrogens is 547 g/mol. The normalized spacial score (nSPS) is 18.0. The summed E-state index contributed by atoms with van der Waals surface area (Å²) >= 11 is 1.23. The molecule has 1 atom stereocenters. The molecule has 2 aromatic carbocycles. The number of halogens is 3. The van der Waals surface area contributed by atoms with Crippen LogP contribution >= 0.6 is 11.3 Å². The fourth-order valence-electron chi connectivity index (χ4n) is 5.14. The standard InChI is InChI=1S/C27H24F3N5O4S/c1-26(2,3)33-22-21(32-25-35(22)17-7-5-15(11-19(17)40-25)39-27(28,29)30)13-4-6-16-14(10-13)12-34(24(16)38)18-8-9-20(36)31-23(18)37/h4-7,10-11,18,33H,8-9,12H2,1-3H3,(H,31,36,37). The first-order chi connectivity index (χ1) is 18.8. The van der Waals surface area contributed by atoms with Crippen LogP contribution in [0.5, 0.6) is 5.75 Å². The van der Waals surface area contributed by atoms with Crippen molar-refractivity contribution < 1.29 is 32.3 Å². The van der Waals surface area contributed by atoms with Gasteiger partial charge in [0.1, 0.15) is 23.3 Å². The number of nitrogens with zero attached hydrogens (tertiary/aromatic N) is 3. The molecule has 0 aliphatic carbocycles. The van der Waals surface area contributed by atoms with Crippen molar-refractivity contribution in [3.63, 3.8) is 0 Å². The zero-order chi connectivity index (χ0) is 28.6. The molecule has 13 heteroatoms. The van der Waals surface area contributed by atoms with E-state index in [1.54, 1.807) is 18.2 Å². The smallest absolute Gasteiger partial charge is 0.406 e. The van der Waals surface area contributed by atoms with E-state index >= 15 is 0 Å². The molecule has 1 saturated heterocycles. The average Bonchev–Trinajstić information content (AvgIpc) is 3.47. The van der Waals surface area contributed by atoms with E-state index in [9.17, 15) is 27.6 Å². The molecule has 0 radical (unpaired) electrons. The van der Waals surface area contributed by atoms with E-state index in [-0.39, 0.29) is 42.5 Å². The van der Waals surface area contributed by atoms with E-state index in [4.69, 9.17) is 4.98 Å². The highest BCUT2D eigenvalue weighted by Gasteiger charge is 2.39. The van der Waals surface area contributed by atoms with Crippen LogP contribution in [0.3, 0.4) is 0 Å². The van der Waals surface area contributed by atoms with Crippen LogP contribution in [-0.2, 0) is 16.1 Å². The van der Waals surface area contributed by atoms with Gasteiger partial charge in [-0.2, -0.15) is 0 Å². The van der Waals surface area contributed by atoms with Gasteiger partial charge in [0.15, 0.2) is 4.96 Å². The number of anilines is 1. The fraction of sp³-hybridized carbons (Fsp3) is 0.333. The zero-order valence-corrected chi connectivity index (χ0v) is 22.5. The van der Waals surface area contributed by atoms with Gasteiger partial charge in [0.2, 0.25) is 11.8 Å². The van der Waals surface area contributed by atoms with Crippen LogP contribution in [0.15, 0.2) is 36.4 Å². The number of thiazole rings is 1. The third kappa shape index (κ3) is 4.63. The summed E-state index contributed by atoms with van der Waals surface area (Å²) in [4.78, 5) is 44.0. The summed E-state index contributed by atoms with van der Waals surface area (Å²) in [6, 6.07) is 8.85. The lowest BCUT2D eigenvalue weighted by Crippen LogP contribution is -2.52. The summed E-state index contributed by atoms with van der Waals surface area (Å²) in [5.41, 5.74) is 2.87. The number of carbonyl (C=O) groups excluding carboxylic acids is 3. The fourth-order valence-corrected chi connectivity index (χ4v) is 6.20. The molecule has 40 heavy (non-hydrogen) atoms. The lowest BCUT2D eigenvalue weighted by atomic mass is 10.0. The van der Waals surface area contributed by atoms with Crippen molar-refractivity contribution in [3.05, 3.63) is 47.5 Å². The van der Waals surface area contributed by atoms with Gasteiger partial charge in [0.25, 0.3) is 5.91 Å². The number of alkyl halides is 3. The minimum Gasteiger partial charge on any atom is -0.406 e. The van der Waals surface area contributed by atoms with Gasteiger partial charge in [0.05, 0.1) is 10.2 Å². The molecular formula is C27H24F3N5O4S. The molecule has 0 spiro atoms. The summed E-state index contributed by atoms with van der Waals surface area (Å²) < 4.78 is 44.8. The number of nitrogens with one attached hydrogen (secondary N) is 2. The molecule has 9 nitrogen and oxygen atoms in total. The van der Waals surface area contributed by atoms with Gasteiger partial charge in [-0.25, -0.2) is 4.98 Å². The Bertz CT molecular complexity index is 1720. The predicted octanol–water partition coefficient (Wildman–Crippen LogP) is 5.09. The van der Waals surface area contributed by atoms with E-state index in [1.165, 1.54) is 28.4 Å². The number of hydrogen-bond acceptors (Lipinski definition) is 7. The Hall–Kier alpha value is -4.13. The van der Waals surface area contributed by atoms with Gasteiger partial charge in [-0.15, -0.1) is 13.2 Å². The quantitative estimate of drug-likeness (QED) is 0.331. The molecule has 0 saturated carbocycles. The van der Waals surface area contributed by atoms with Crippen LogP contribution in [0.1, 0.15) is 49.5 Å². The number of imide groups is 1. The molecule has 3 amide bonds. The van der Waals surface area contributed by atoms with Crippen LogP contribution in [-0.4, -0.2) is 49.9 Å². The van der Waals surface area contributed by atoms with Gasteiger partial charge in [-0.3, -0.25) is 24.1 Å². The van der Waals surface area contributed by atoms with Gasteiger partial charge in [-0.05, 0) is 63.1 Å². The first kappa shape index (κ1) is 26.1. The molecule has 4 aromatic rings. The number of amides is 3. The second-order valence-electron chi connectivity index (χ2n) is 10.9. The van der Waals surface area contributed by atoms with Crippen molar-refractivity contribution in [3.8, 4) is 17.0 Å². The maximum Gasteiger partial charge on any atom is 0.573 e. The maximum atomic E-state index is 13.1. The monoisotopic (exact) mass is 571 g/mol. The lowest BCUT2D eigenvalue weighted by Gasteiger charge is -2.29. The van der Waals surface area contributed by atoms with Crippen molar-refractivity contribution in [2.45, 2.75) is 58.1 Å². The zero-order valence-electron chi connectivity index (χ0n) is 21.7. The summed E-state index contributed by atoms with van der Waals surface area (Å²) in [6.45, 7) is 6.18. The molecule has 6 rings (SSSR count). The number of rotatable bonds is 4. The first-order valence-electron chi connectivity index (χ1n) is 12.5. The van der Waals surface area contributed by atoms with E-state index in [0.717, 1.165) is 11.1 Å². The minimum atomic E-state index is -4.79. The van der Waals surface area contributed by atoms with Crippen LogP contribution in [0, 0.1) is 0 Å². The molecule has 2 aliphatic rings. The number of aromatic nitrogens is 2. The van der Waals surface area contributed by atoms with Gasteiger partial charge >= 0.3 is 6.36 Å². The maximum absolute atomic E-state index is 13.1. The Morgan fingerprint density at radius 1 is 1.10 bits per heavy atom. The van der Waals surface area contributed by atoms with Crippen LogP contribution in [0.4, 0.5) is 19.0 Å². The second kappa shape index (κ2) is 8.95. The van der Waals surface area contributed by atoms with Crippen LogP contribution < -0.4 is 15.4 Å². The Labute approximate surface area is 229 Å². The van der Waals surface area contributed by atoms with E-state index in [0.29, 0.717) is 32.3 Å². The summed E-state index contributed by atoms with van der Waals surface area (Å²) in [5.74, 6) is -0.733. The number of piperidine rings is 1. The Kier molecular flexibility index (Phi) is 5.84. The first-order valence-corrected chi connectivity index (χ1v) is 13.4. The molecule has 208 valence electrons. The highest BCUT2D eigenvalue weighted by molar-refractivity contribution is 7.23. The van der Waals surface area contributed by atoms with E-state index in [1.807, 2.05) is 31.2 Å². The minimum absolute atomic E-state index is 0.173. The lowest BCUT2D eigenvalue weighted by molar-refractivity contribution is -0.274. The molecule has 2 N–H and O–H groups in total. The van der Waals surface area contributed by atoms with Gasteiger partial charge in [0, 0.05) is 29.6 Å².